The van der Waals surface area contributed by atoms with Gasteiger partial charge in [-0.3, -0.25) is 4.79 Å². The van der Waals surface area contributed by atoms with Gasteiger partial charge >= 0.3 is 0 Å². The molecule has 2 heterocycles. The van der Waals surface area contributed by atoms with E-state index in [2.05, 4.69) is 9.62 Å². The molecular weight excluding hydrogens is 604 g/mol. The number of rotatable bonds is 5. The van der Waals surface area contributed by atoms with Crippen LogP contribution in [0.3, 0.4) is 0 Å². The number of nitrogens with one attached hydrogen (secondary N) is 1. The number of nitrogens with zero attached hydrogens (tertiary/aromatic N) is 1. The fourth-order valence-electron chi connectivity index (χ4n) is 6.25. The van der Waals surface area contributed by atoms with E-state index in [-0.39, 0.29) is 37.0 Å². The second-order valence-electron chi connectivity index (χ2n) is 12.0. The molecule has 0 unspecified atom stereocenters. The lowest BCUT2D eigenvalue weighted by atomic mass is 9.70. The van der Waals surface area contributed by atoms with Gasteiger partial charge in [-0.25, -0.2) is 13.1 Å². The Balaban J connectivity index is 1.49. The van der Waals surface area contributed by atoms with E-state index in [0.717, 1.165) is 55.5 Å². The van der Waals surface area contributed by atoms with Crippen molar-refractivity contribution < 1.29 is 32.5 Å². The smallest absolute Gasteiger partial charge is 0.264 e. The molecule has 1 saturated carbocycles. The molecule has 11 heteroatoms. The van der Waals surface area contributed by atoms with Crippen molar-refractivity contribution in [1.82, 2.24) is 4.72 Å². The molecule has 9 nitrogen and oxygen atoms in total. The molecule has 4 atom stereocenters. The number of aryl methyl sites for hydroxylation is 1. The van der Waals surface area contributed by atoms with Gasteiger partial charge in [-0.05, 0) is 98.2 Å². The average molecular weight is 647 g/mol. The highest BCUT2D eigenvalue weighted by atomic mass is 35.5. The summed E-state index contributed by atoms with van der Waals surface area (Å²) in [6.07, 6.45) is 8.36. The van der Waals surface area contributed by atoms with Crippen LogP contribution >= 0.6 is 11.6 Å². The van der Waals surface area contributed by atoms with Gasteiger partial charge in [0.1, 0.15) is 17.6 Å². The number of hydrogen-bond donors (Lipinski definition) is 2. The number of carbonyl (C=O) groups excluding carboxylic acids is 1. The van der Waals surface area contributed by atoms with E-state index >= 15 is 0 Å². The topological polar surface area (TPSA) is 114 Å². The number of aliphatic hydroxyl groups is 1. The maximum atomic E-state index is 13.5. The molecule has 44 heavy (non-hydrogen) atoms. The van der Waals surface area contributed by atoms with Gasteiger partial charge in [-0.15, -0.1) is 0 Å². The molecule has 0 aromatic heterocycles. The molecule has 0 radical (unpaired) electrons. The van der Waals surface area contributed by atoms with Gasteiger partial charge in [-0.2, -0.15) is 0 Å². The number of carbonyl (C=O) groups is 1. The molecule has 2 aliphatic heterocycles. The van der Waals surface area contributed by atoms with Gasteiger partial charge in [0.15, 0.2) is 0 Å². The number of sulfonamides is 1. The van der Waals surface area contributed by atoms with Crippen LogP contribution in [0.2, 0.25) is 5.02 Å². The second-order valence-corrected chi connectivity index (χ2v) is 14.3. The van der Waals surface area contributed by atoms with Crippen molar-refractivity contribution in [2.45, 2.75) is 62.9 Å². The highest BCUT2D eigenvalue weighted by molar-refractivity contribution is 7.90. The van der Waals surface area contributed by atoms with Crippen LogP contribution in [-0.4, -0.2) is 70.8 Å². The molecule has 0 spiro atoms. The Labute approximate surface area is 265 Å². The minimum absolute atomic E-state index is 0.0778. The van der Waals surface area contributed by atoms with Gasteiger partial charge in [0.25, 0.3) is 5.91 Å². The van der Waals surface area contributed by atoms with Crippen LogP contribution in [0.15, 0.2) is 48.6 Å². The van der Waals surface area contributed by atoms with Crippen molar-refractivity contribution >= 4 is 33.2 Å². The zero-order valence-electron chi connectivity index (χ0n) is 25.3. The Hall–Kier alpha value is -2.63. The number of amides is 1. The standard InChI is InChI=1S/C33H43ClN2O7S/c1-41-16-17-42-22-28-7-2-3-8-31(37)29-13-10-25(29)20-36-15-5-4-6-23-18-27(34)12-9-26(23)21-43-32-14-11-24(19-30(32)36)33(38)35-44(28,39)40/h3,8-9,11-12,14,18-19,25,28-29,31,37H,2,4-7,10,13,15-17,20-22H2,1H3,(H,35,38)/b8-3-/t25-,28+,29+,31+/m0/s1. The SMILES string of the molecule is COCCOC[C@H]1CC/C=C\[C@@H](O)[C@@H]2CC[C@H]2CN2CCCCc3cc(Cl)ccc3COc3ccc(cc32)C(=O)NS1(=O)=O. The third kappa shape index (κ3) is 8.14. The monoisotopic (exact) mass is 646 g/mol. The second kappa shape index (κ2) is 15.1. The van der Waals surface area contributed by atoms with Crippen LogP contribution in [0.4, 0.5) is 5.69 Å². The number of benzene rings is 2. The Kier molecular flexibility index (Phi) is 11.2. The molecule has 2 N–H and O–H groups in total. The fraction of sp³-hybridized carbons (Fsp3) is 0.545. The van der Waals surface area contributed by atoms with Crippen molar-refractivity contribution in [3.63, 3.8) is 0 Å². The fourth-order valence-corrected chi connectivity index (χ4v) is 7.71. The Morgan fingerprint density at radius 2 is 1.95 bits per heavy atom. The average Bonchev–Trinajstić information content (AvgIpc) is 3.00. The van der Waals surface area contributed by atoms with Crippen LogP contribution in [0.25, 0.3) is 0 Å². The highest BCUT2D eigenvalue weighted by Gasteiger charge is 2.37. The molecule has 2 aromatic carbocycles. The lowest BCUT2D eigenvalue weighted by molar-refractivity contribution is 0.0461. The maximum absolute atomic E-state index is 13.5. The number of allylic oxidation sites excluding steroid dienone is 1. The number of ether oxygens (including phenoxy) is 3. The van der Waals surface area contributed by atoms with Crippen molar-refractivity contribution in [3.05, 3.63) is 70.3 Å². The van der Waals surface area contributed by atoms with Gasteiger partial charge in [0, 0.05) is 30.8 Å². The molecule has 1 aliphatic carbocycles. The molecule has 240 valence electrons. The lowest BCUT2D eigenvalue weighted by Crippen LogP contribution is -2.43. The maximum Gasteiger partial charge on any atom is 0.264 e. The van der Waals surface area contributed by atoms with Crippen molar-refractivity contribution in [2.75, 3.05) is 44.9 Å². The van der Waals surface area contributed by atoms with Gasteiger partial charge in [0.05, 0.1) is 31.6 Å². The summed E-state index contributed by atoms with van der Waals surface area (Å²) in [5, 5.41) is 10.8. The molecular formula is C33H43ClN2O7S. The summed E-state index contributed by atoms with van der Waals surface area (Å²) in [7, 11) is -2.53. The number of halogens is 1. The molecule has 1 amide bonds. The number of methoxy groups -OCH3 is 1. The van der Waals surface area contributed by atoms with Gasteiger partial charge < -0.3 is 24.2 Å². The molecule has 0 saturated heterocycles. The summed E-state index contributed by atoms with van der Waals surface area (Å²) >= 11 is 6.31. The Morgan fingerprint density at radius 1 is 1.09 bits per heavy atom. The predicted molar refractivity (Wildman–Crippen MR) is 171 cm³/mol. The van der Waals surface area contributed by atoms with E-state index in [9.17, 15) is 18.3 Å². The Morgan fingerprint density at radius 3 is 2.75 bits per heavy atom. The first kappa shape index (κ1) is 32.8. The van der Waals surface area contributed by atoms with Crippen LogP contribution in [0.5, 0.6) is 5.75 Å². The highest BCUT2D eigenvalue weighted by Crippen LogP contribution is 2.41. The van der Waals surface area contributed by atoms with E-state index in [1.54, 1.807) is 31.4 Å². The molecule has 2 aromatic rings. The number of aliphatic hydroxyl groups excluding tert-OH is 1. The molecule has 5 rings (SSSR count). The molecule has 3 aliphatic rings. The normalized spacial score (nSPS) is 26.5. The van der Waals surface area contributed by atoms with Crippen LogP contribution < -0.4 is 14.4 Å². The summed E-state index contributed by atoms with van der Waals surface area (Å²) < 4.78 is 46.1. The van der Waals surface area contributed by atoms with E-state index in [0.29, 0.717) is 37.0 Å². The lowest BCUT2D eigenvalue weighted by Gasteiger charge is -2.42. The third-order valence-electron chi connectivity index (χ3n) is 9.01. The summed E-state index contributed by atoms with van der Waals surface area (Å²) in [6.45, 7) is 2.27. The summed E-state index contributed by atoms with van der Waals surface area (Å²) in [5.74, 6) is 0.311. The van der Waals surface area contributed by atoms with E-state index in [1.807, 2.05) is 24.3 Å². The minimum Gasteiger partial charge on any atom is -0.487 e. The van der Waals surface area contributed by atoms with Crippen molar-refractivity contribution in [1.29, 1.82) is 0 Å². The van der Waals surface area contributed by atoms with Crippen molar-refractivity contribution in [2.24, 2.45) is 11.8 Å². The molecule has 2 bridgehead atoms. The van der Waals surface area contributed by atoms with Gasteiger partial charge in [-0.1, -0.05) is 29.8 Å². The summed E-state index contributed by atoms with van der Waals surface area (Å²) in [4.78, 5) is 15.7. The van der Waals surface area contributed by atoms with Crippen LogP contribution in [0, 0.1) is 11.8 Å². The van der Waals surface area contributed by atoms with E-state index < -0.39 is 27.3 Å². The minimum atomic E-state index is -4.08. The third-order valence-corrected chi connectivity index (χ3v) is 11.0. The van der Waals surface area contributed by atoms with Crippen LogP contribution in [-0.2, 0) is 32.5 Å². The first-order valence-electron chi connectivity index (χ1n) is 15.5. The Bertz CT molecular complexity index is 1430. The largest absolute Gasteiger partial charge is 0.487 e. The predicted octanol–water partition coefficient (Wildman–Crippen LogP) is 4.89. The van der Waals surface area contributed by atoms with E-state index in [1.165, 1.54) is 0 Å². The van der Waals surface area contributed by atoms with Crippen molar-refractivity contribution in [3.8, 4) is 5.75 Å². The quantitative estimate of drug-likeness (QED) is 0.349. The summed E-state index contributed by atoms with van der Waals surface area (Å²) in [6, 6.07) is 11.0. The van der Waals surface area contributed by atoms with Gasteiger partial charge in [0.2, 0.25) is 10.0 Å². The number of anilines is 1. The van der Waals surface area contributed by atoms with Crippen LogP contribution in [0.1, 0.15) is 60.0 Å². The zero-order chi connectivity index (χ0) is 31.1. The number of fused-ring (bicyclic) bond motifs is 3. The first-order chi connectivity index (χ1) is 21.2. The van der Waals surface area contributed by atoms with E-state index in [4.69, 9.17) is 25.8 Å². The number of hydrogen-bond acceptors (Lipinski definition) is 8. The zero-order valence-corrected chi connectivity index (χ0v) is 26.8. The first-order valence-corrected chi connectivity index (χ1v) is 17.4. The summed E-state index contributed by atoms with van der Waals surface area (Å²) in [5.41, 5.74) is 3.20. The molecule has 1 fully saturated rings.